The van der Waals surface area contributed by atoms with Crippen LogP contribution >= 0.6 is 11.8 Å². The number of nitrogens with one attached hydrogen (secondary N) is 2. The minimum absolute atomic E-state index is 0.0103. The molecule has 4 aliphatic carbocycles. The number of amides is 2. The van der Waals surface area contributed by atoms with Crippen LogP contribution < -0.4 is 10.6 Å². The fraction of sp³-hybridized carbons (Fsp3) is 0.733. The first-order valence-electron chi connectivity index (χ1n) is 7.57. The first-order chi connectivity index (χ1) is 9.60. The van der Waals surface area contributed by atoms with Crippen LogP contribution in [-0.4, -0.2) is 23.1 Å². The Bertz CT molecular complexity index is 465. The van der Waals surface area contributed by atoms with E-state index in [0.29, 0.717) is 10.8 Å². The number of carbonyl (C=O) groups excluding carboxylic acids is 2. The number of rotatable bonds is 2. The Labute approximate surface area is 123 Å². The molecule has 5 aliphatic rings. The Hall–Kier alpha value is -0.970. The summed E-state index contributed by atoms with van der Waals surface area (Å²) in [6.07, 6.45) is 9.18. The fourth-order valence-electron chi connectivity index (χ4n) is 5.11. The summed E-state index contributed by atoms with van der Waals surface area (Å²) in [6.45, 7) is 0. The lowest BCUT2D eigenvalue weighted by molar-refractivity contribution is -0.122. The first kappa shape index (κ1) is 12.7. The highest BCUT2D eigenvalue weighted by molar-refractivity contribution is 8.04. The molecule has 1 saturated heterocycles. The molecule has 4 bridgehead atoms. The van der Waals surface area contributed by atoms with Crippen LogP contribution in [0.5, 0.6) is 0 Å². The van der Waals surface area contributed by atoms with Crippen molar-refractivity contribution in [1.29, 1.82) is 0 Å². The van der Waals surface area contributed by atoms with Gasteiger partial charge in [0.05, 0.1) is 10.8 Å². The summed E-state index contributed by atoms with van der Waals surface area (Å²) in [7, 11) is 0. The van der Waals surface area contributed by atoms with Gasteiger partial charge in [-0.2, -0.15) is 0 Å². The maximum Gasteiger partial charge on any atom is 0.247 e. The van der Waals surface area contributed by atoms with Crippen molar-refractivity contribution >= 4 is 23.6 Å². The molecule has 4 nitrogen and oxygen atoms in total. The second kappa shape index (κ2) is 4.52. The Morgan fingerprint density at radius 2 is 1.80 bits per heavy atom. The highest BCUT2D eigenvalue weighted by Gasteiger charge is 2.51. The molecule has 1 heterocycles. The summed E-state index contributed by atoms with van der Waals surface area (Å²) in [6, 6.07) is 0. The predicted molar refractivity (Wildman–Crippen MR) is 77.7 cm³/mol. The van der Waals surface area contributed by atoms with Crippen molar-refractivity contribution in [3.05, 3.63) is 11.1 Å². The smallest absolute Gasteiger partial charge is 0.247 e. The normalized spacial score (nSPS) is 43.9. The predicted octanol–water partition coefficient (Wildman–Crippen LogP) is 1.78. The third kappa shape index (κ3) is 2.26. The summed E-state index contributed by atoms with van der Waals surface area (Å²) in [4.78, 5) is 23.4. The molecule has 20 heavy (non-hydrogen) atoms. The van der Waals surface area contributed by atoms with E-state index in [-0.39, 0.29) is 17.4 Å². The molecule has 0 radical (unpaired) electrons. The van der Waals surface area contributed by atoms with Crippen molar-refractivity contribution in [3.8, 4) is 0 Å². The van der Waals surface area contributed by atoms with Gasteiger partial charge >= 0.3 is 0 Å². The highest BCUT2D eigenvalue weighted by atomic mass is 32.2. The van der Waals surface area contributed by atoms with Crippen molar-refractivity contribution in [2.75, 3.05) is 5.75 Å². The molecule has 0 aromatic heterocycles. The number of carbonyl (C=O) groups is 2. The Morgan fingerprint density at radius 1 is 1.20 bits per heavy atom. The topological polar surface area (TPSA) is 58.2 Å². The van der Waals surface area contributed by atoms with Gasteiger partial charge in [-0.25, -0.2) is 0 Å². The van der Waals surface area contributed by atoms with E-state index < -0.39 is 0 Å². The molecule has 0 atom stereocenters. The van der Waals surface area contributed by atoms with E-state index in [1.165, 1.54) is 31.0 Å². The summed E-state index contributed by atoms with van der Waals surface area (Å²) in [5, 5.41) is 6.70. The fourth-order valence-corrected chi connectivity index (χ4v) is 5.85. The Balaban J connectivity index is 1.46. The van der Waals surface area contributed by atoms with Gasteiger partial charge in [-0.15, -0.1) is 0 Å². The molecule has 0 aromatic rings. The molecule has 2 N–H and O–H groups in total. The van der Waals surface area contributed by atoms with E-state index in [4.69, 9.17) is 0 Å². The molecule has 2 amide bonds. The van der Waals surface area contributed by atoms with Crippen LogP contribution in [0.4, 0.5) is 0 Å². The van der Waals surface area contributed by atoms with Gasteiger partial charge in [0.2, 0.25) is 11.8 Å². The minimum Gasteiger partial charge on any atom is -0.347 e. The van der Waals surface area contributed by atoms with Gasteiger partial charge in [0, 0.05) is 11.6 Å². The zero-order valence-electron chi connectivity index (χ0n) is 11.5. The largest absolute Gasteiger partial charge is 0.347 e. The summed E-state index contributed by atoms with van der Waals surface area (Å²) in [5.41, 5.74) is 0.0518. The molecular weight excluding hydrogens is 272 g/mol. The summed E-state index contributed by atoms with van der Waals surface area (Å²) in [5.74, 6) is 2.87. The molecule has 0 aromatic carbocycles. The molecule has 5 rings (SSSR count). The van der Waals surface area contributed by atoms with Crippen LogP contribution in [-0.2, 0) is 9.59 Å². The standard InChI is InChI=1S/C15H20N2O2S/c18-12(4-14-16-13(19)8-20-14)17-15-5-9-1-10(6-15)3-11(2-9)7-15/h4,9-11H,1-3,5-8H2,(H,16,19)(H,17,18)/b14-4-. The van der Waals surface area contributed by atoms with Crippen molar-refractivity contribution in [3.63, 3.8) is 0 Å². The lowest BCUT2D eigenvalue weighted by Crippen LogP contribution is -2.59. The number of hydrogen-bond donors (Lipinski definition) is 2. The van der Waals surface area contributed by atoms with Crippen molar-refractivity contribution in [2.45, 2.75) is 44.1 Å². The van der Waals surface area contributed by atoms with Gasteiger partial charge in [0.25, 0.3) is 0 Å². The summed E-state index contributed by atoms with van der Waals surface area (Å²) >= 11 is 1.41. The SMILES string of the molecule is O=C(/C=C1/NC(=O)CS1)NC12CC3CC(CC(C3)C1)C2. The van der Waals surface area contributed by atoms with Crippen LogP contribution in [0.1, 0.15) is 38.5 Å². The van der Waals surface area contributed by atoms with E-state index >= 15 is 0 Å². The third-order valence-corrected chi connectivity index (χ3v) is 6.25. The minimum atomic E-state index is -0.0309. The van der Waals surface area contributed by atoms with Gasteiger partial charge in [0.15, 0.2) is 0 Å². The highest BCUT2D eigenvalue weighted by Crippen LogP contribution is 2.55. The van der Waals surface area contributed by atoms with E-state index in [2.05, 4.69) is 10.6 Å². The van der Waals surface area contributed by atoms with Crippen molar-refractivity contribution < 1.29 is 9.59 Å². The van der Waals surface area contributed by atoms with Crippen LogP contribution in [0, 0.1) is 17.8 Å². The van der Waals surface area contributed by atoms with Gasteiger partial charge in [0.1, 0.15) is 0 Å². The Kier molecular flexibility index (Phi) is 2.88. The van der Waals surface area contributed by atoms with Crippen LogP contribution in [0.3, 0.4) is 0 Å². The molecule has 0 spiro atoms. The second-order valence-electron chi connectivity index (χ2n) is 7.03. The van der Waals surface area contributed by atoms with E-state index in [0.717, 1.165) is 37.0 Å². The second-order valence-corrected chi connectivity index (χ2v) is 8.05. The van der Waals surface area contributed by atoms with Crippen molar-refractivity contribution in [1.82, 2.24) is 10.6 Å². The molecular formula is C15H20N2O2S. The maximum absolute atomic E-state index is 12.2. The zero-order chi connectivity index (χ0) is 13.7. The first-order valence-corrected chi connectivity index (χ1v) is 8.55. The van der Waals surface area contributed by atoms with Gasteiger partial charge in [-0.05, 0) is 56.3 Å². The molecule has 4 saturated carbocycles. The maximum atomic E-state index is 12.2. The van der Waals surface area contributed by atoms with Crippen LogP contribution in [0.15, 0.2) is 11.1 Å². The Morgan fingerprint density at radius 3 is 2.30 bits per heavy atom. The monoisotopic (exact) mass is 292 g/mol. The van der Waals surface area contributed by atoms with Gasteiger partial charge < -0.3 is 10.6 Å². The number of hydrogen-bond acceptors (Lipinski definition) is 3. The van der Waals surface area contributed by atoms with Crippen LogP contribution in [0.2, 0.25) is 0 Å². The molecule has 108 valence electrons. The molecule has 5 fully saturated rings. The van der Waals surface area contributed by atoms with E-state index in [1.807, 2.05) is 0 Å². The molecule has 5 heteroatoms. The lowest BCUT2D eigenvalue weighted by atomic mass is 9.53. The molecule has 0 unspecified atom stereocenters. The third-order valence-electron chi connectivity index (χ3n) is 5.31. The lowest BCUT2D eigenvalue weighted by Gasteiger charge is -2.56. The molecule has 1 aliphatic heterocycles. The van der Waals surface area contributed by atoms with Crippen molar-refractivity contribution in [2.24, 2.45) is 17.8 Å². The van der Waals surface area contributed by atoms with E-state index in [1.54, 1.807) is 6.08 Å². The quantitative estimate of drug-likeness (QED) is 0.763. The van der Waals surface area contributed by atoms with Gasteiger partial charge in [-0.1, -0.05) is 11.8 Å². The van der Waals surface area contributed by atoms with Crippen LogP contribution in [0.25, 0.3) is 0 Å². The number of thioether (sulfide) groups is 1. The summed E-state index contributed by atoms with van der Waals surface area (Å²) < 4.78 is 0. The zero-order valence-corrected chi connectivity index (χ0v) is 12.3. The average molecular weight is 292 g/mol. The van der Waals surface area contributed by atoms with Gasteiger partial charge in [-0.3, -0.25) is 9.59 Å². The van der Waals surface area contributed by atoms with E-state index in [9.17, 15) is 9.59 Å². The average Bonchev–Trinajstić information content (AvgIpc) is 2.71.